The summed E-state index contributed by atoms with van der Waals surface area (Å²) in [7, 11) is 0. The molecule has 1 heterocycles. The molecule has 0 unspecified atom stereocenters. The Morgan fingerprint density at radius 2 is 2.00 bits per heavy atom. The minimum Gasteiger partial charge on any atom is -0.465 e. The van der Waals surface area contributed by atoms with Crippen molar-refractivity contribution in [3.05, 3.63) is 34.8 Å². The van der Waals surface area contributed by atoms with Crippen LogP contribution in [0.25, 0.3) is 10.8 Å². The van der Waals surface area contributed by atoms with Crippen LogP contribution in [0.3, 0.4) is 0 Å². The number of piperidine rings is 1. The number of benzene rings is 2. The number of nitrogens with zero attached hydrogens (tertiary/aromatic N) is 1. The summed E-state index contributed by atoms with van der Waals surface area (Å²) < 4.78 is 0.952. The molecule has 2 amide bonds. The van der Waals surface area contributed by atoms with Crippen LogP contribution in [-0.2, 0) is 4.79 Å². The number of fused-ring (bicyclic) bond motifs is 3. The van der Waals surface area contributed by atoms with Gasteiger partial charge in [0.25, 0.3) is 0 Å². The minimum absolute atomic E-state index is 0.0305. The van der Waals surface area contributed by atoms with E-state index in [0.717, 1.165) is 34.5 Å². The third-order valence-corrected chi connectivity index (χ3v) is 7.36. The standard InChI is InChI=1S/C22H26BrN3O3/c1-21(2,3)22-9-8-13(11-22)18(26(22)20(28)29)19(27)25-16-7-4-12-10-14(23)5-6-15(12)17(16)24/h4-7,10,13,18H,8-9,11,24H2,1-3H3,(H,25,27)(H,28,29)/t13-,18+,22+/m1/s1. The highest BCUT2D eigenvalue weighted by atomic mass is 79.9. The second kappa shape index (κ2) is 6.62. The van der Waals surface area contributed by atoms with Gasteiger partial charge in [-0.3, -0.25) is 9.69 Å². The Hall–Kier alpha value is -2.28. The zero-order chi connectivity index (χ0) is 21.1. The lowest BCUT2D eigenvalue weighted by atomic mass is 9.72. The molecule has 7 heteroatoms. The summed E-state index contributed by atoms with van der Waals surface area (Å²) in [5, 5.41) is 14.7. The van der Waals surface area contributed by atoms with Crippen LogP contribution in [0.15, 0.2) is 34.8 Å². The minimum atomic E-state index is -1.03. The van der Waals surface area contributed by atoms with Gasteiger partial charge in [0.2, 0.25) is 5.91 Å². The van der Waals surface area contributed by atoms with Crippen molar-refractivity contribution in [1.82, 2.24) is 4.90 Å². The molecule has 1 saturated heterocycles. The number of hydrogen-bond donors (Lipinski definition) is 3. The van der Waals surface area contributed by atoms with E-state index in [0.29, 0.717) is 11.4 Å². The molecule has 2 aromatic rings. The van der Waals surface area contributed by atoms with Crippen molar-refractivity contribution in [1.29, 1.82) is 0 Å². The SMILES string of the molecule is CC(C)(C)[C@]12CC[C@H](C1)[C@@H](C(=O)Nc1ccc3cc(Br)ccc3c1N)N2C(=O)O. The molecule has 1 aliphatic heterocycles. The van der Waals surface area contributed by atoms with Crippen molar-refractivity contribution in [2.75, 3.05) is 11.1 Å². The number of nitrogens with two attached hydrogens (primary N) is 1. The molecule has 2 aliphatic rings. The molecule has 1 aliphatic carbocycles. The second-order valence-electron chi connectivity index (χ2n) is 9.26. The first-order valence-electron chi connectivity index (χ1n) is 9.86. The molecule has 154 valence electrons. The van der Waals surface area contributed by atoms with Crippen LogP contribution in [0.2, 0.25) is 0 Å². The molecular weight excluding hydrogens is 434 g/mol. The topological polar surface area (TPSA) is 95.7 Å². The zero-order valence-electron chi connectivity index (χ0n) is 16.8. The van der Waals surface area contributed by atoms with Crippen LogP contribution in [0.5, 0.6) is 0 Å². The third-order valence-electron chi connectivity index (χ3n) is 6.87. The quantitative estimate of drug-likeness (QED) is 0.546. The Morgan fingerprint density at radius 3 is 2.66 bits per heavy atom. The number of carboxylic acid groups (broad SMARTS) is 1. The van der Waals surface area contributed by atoms with E-state index in [4.69, 9.17) is 5.73 Å². The molecule has 2 fully saturated rings. The summed E-state index contributed by atoms with van der Waals surface area (Å²) in [6.45, 7) is 6.18. The fraction of sp³-hybridized carbons (Fsp3) is 0.455. The summed E-state index contributed by atoms with van der Waals surface area (Å²) in [5.41, 5.74) is 6.57. The normalized spacial score (nSPS) is 26.1. The third kappa shape index (κ3) is 2.98. The van der Waals surface area contributed by atoms with Crippen molar-refractivity contribution in [3.63, 3.8) is 0 Å². The Kier molecular flexibility index (Phi) is 4.57. The monoisotopic (exact) mass is 459 g/mol. The van der Waals surface area contributed by atoms with Gasteiger partial charge in [0, 0.05) is 9.86 Å². The van der Waals surface area contributed by atoms with Gasteiger partial charge in [0.15, 0.2) is 0 Å². The Labute approximate surface area is 178 Å². The maximum absolute atomic E-state index is 13.3. The number of carbonyl (C=O) groups is 2. The number of nitrogen functional groups attached to an aromatic ring is 1. The number of likely N-dealkylation sites (tertiary alicyclic amines) is 1. The van der Waals surface area contributed by atoms with Crippen LogP contribution in [-0.4, -0.2) is 33.6 Å². The van der Waals surface area contributed by atoms with Crippen molar-refractivity contribution >= 4 is 50.1 Å². The summed E-state index contributed by atoms with van der Waals surface area (Å²) in [6, 6.07) is 8.75. The zero-order valence-corrected chi connectivity index (χ0v) is 18.4. The second-order valence-corrected chi connectivity index (χ2v) is 10.2. The Balaban J connectivity index is 1.67. The molecule has 29 heavy (non-hydrogen) atoms. The summed E-state index contributed by atoms with van der Waals surface area (Å²) >= 11 is 3.45. The van der Waals surface area contributed by atoms with E-state index in [1.807, 2.05) is 24.3 Å². The molecule has 0 aromatic heterocycles. The largest absolute Gasteiger partial charge is 0.465 e. The number of halogens is 1. The Bertz CT molecular complexity index is 1020. The van der Waals surface area contributed by atoms with Crippen LogP contribution in [0.4, 0.5) is 16.2 Å². The molecule has 0 spiro atoms. The van der Waals surface area contributed by atoms with Crippen LogP contribution in [0.1, 0.15) is 40.0 Å². The maximum Gasteiger partial charge on any atom is 0.408 e. The van der Waals surface area contributed by atoms with E-state index in [1.54, 1.807) is 6.07 Å². The average Bonchev–Trinajstić information content (AvgIpc) is 3.22. The van der Waals surface area contributed by atoms with Crippen molar-refractivity contribution in [3.8, 4) is 0 Å². The summed E-state index contributed by atoms with van der Waals surface area (Å²) in [6.07, 6.45) is 1.35. The van der Waals surface area contributed by atoms with Gasteiger partial charge in [0.1, 0.15) is 6.04 Å². The van der Waals surface area contributed by atoms with E-state index in [-0.39, 0.29) is 17.2 Å². The smallest absolute Gasteiger partial charge is 0.408 e. The lowest BCUT2D eigenvalue weighted by Gasteiger charge is -2.48. The predicted molar refractivity (Wildman–Crippen MR) is 118 cm³/mol. The number of rotatable bonds is 2. The van der Waals surface area contributed by atoms with Crippen molar-refractivity contribution in [2.24, 2.45) is 11.3 Å². The summed E-state index contributed by atoms with van der Waals surface area (Å²) in [5.74, 6) is -0.269. The van der Waals surface area contributed by atoms with Gasteiger partial charge >= 0.3 is 6.09 Å². The number of carbonyl (C=O) groups excluding carboxylic acids is 1. The number of hydrogen-bond acceptors (Lipinski definition) is 3. The lowest BCUT2D eigenvalue weighted by molar-refractivity contribution is -0.124. The average molecular weight is 460 g/mol. The first kappa shape index (κ1) is 20.0. The van der Waals surface area contributed by atoms with E-state index in [2.05, 4.69) is 42.0 Å². The number of nitrogens with one attached hydrogen (secondary N) is 1. The molecule has 6 nitrogen and oxygen atoms in total. The predicted octanol–water partition coefficient (Wildman–Crippen LogP) is 5.07. The molecule has 0 radical (unpaired) electrons. The molecule has 3 atom stereocenters. The van der Waals surface area contributed by atoms with E-state index >= 15 is 0 Å². The molecule has 1 saturated carbocycles. The van der Waals surface area contributed by atoms with Crippen LogP contribution < -0.4 is 11.1 Å². The highest BCUT2D eigenvalue weighted by Gasteiger charge is 2.64. The lowest BCUT2D eigenvalue weighted by Crippen LogP contribution is -2.61. The van der Waals surface area contributed by atoms with Crippen molar-refractivity contribution in [2.45, 2.75) is 51.6 Å². The van der Waals surface area contributed by atoms with Crippen LogP contribution >= 0.6 is 15.9 Å². The highest BCUT2D eigenvalue weighted by molar-refractivity contribution is 9.10. The molecule has 4 rings (SSSR count). The first-order chi connectivity index (χ1) is 13.5. The van der Waals surface area contributed by atoms with Gasteiger partial charge in [-0.25, -0.2) is 4.79 Å². The molecule has 2 aromatic carbocycles. The van der Waals surface area contributed by atoms with E-state index in [9.17, 15) is 14.7 Å². The van der Waals surface area contributed by atoms with Gasteiger partial charge < -0.3 is 16.2 Å². The van der Waals surface area contributed by atoms with Crippen molar-refractivity contribution < 1.29 is 14.7 Å². The molecule has 4 N–H and O–H groups in total. The number of amides is 2. The van der Waals surface area contributed by atoms with Gasteiger partial charge in [-0.1, -0.05) is 48.8 Å². The fourth-order valence-electron chi connectivity index (χ4n) is 5.34. The maximum atomic E-state index is 13.3. The Morgan fingerprint density at radius 1 is 1.28 bits per heavy atom. The van der Waals surface area contributed by atoms with E-state index < -0.39 is 17.7 Å². The molecular formula is C22H26BrN3O3. The number of anilines is 2. The summed E-state index contributed by atoms with van der Waals surface area (Å²) in [4.78, 5) is 26.9. The van der Waals surface area contributed by atoms with Gasteiger partial charge in [-0.15, -0.1) is 0 Å². The first-order valence-corrected chi connectivity index (χ1v) is 10.7. The van der Waals surface area contributed by atoms with Gasteiger partial charge in [0.05, 0.1) is 16.9 Å². The van der Waals surface area contributed by atoms with Gasteiger partial charge in [-0.2, -0.15) is 0 Å². The van der Waals surface area contributed by atoms with E-state index in [1.165, 1.54) is 4.90 Å². The van der Waals surface area contributed by atoms with Gasteiger partial charge in [-0.05, 0) is 54.2 Å². The molecule has 2 bridgehead atoms. The highest BCUT2D eigenvalue weighted by Crippen LogP contribution is 2.58. The fourth-order valence-corrected chi connectivity index (χ4v) is 5.72. The van der Waals surface area contributed by atoms with Crippen LogP contribution in [0, 0.1) is 11.3 Å².